The van der Waals surface area contributed by atoms with E-state index in [0.717, 1.165) is 10.3 Å². The van der Waals surface area contributed by atoms with Crippen molar-refractivity contribution in [2.24, 2.45) is 0 Å². The van der Waals surface area contributed by atoms with Gasteiger partial charge in [0.1, 0.15) is 7.11 Å². The van der Waals surface area contributed by atoms with Crippen LogP contribution in [0.2, 0.25) is 0 Å². The van der Waals surface area contributed by atoms with E-state index in [1.165, 1.54) is 13.2 Å². The molecule has 0 radical (unpaired) electrons. The van der Waals surface area contributed by atoms with E-state index >= 15 is 0 Å². The third-order valence-electron chi connectivity index (χ3n) is 2.39. The van der Waals surface area contributed by atoms with Gasteiger partial charge in [-0.3, -0.25) is 4.79 Å². The Morgan fingerprint density at radius 3 is 2.59 bits per heavy atom. The molecule has 5 heteroatoms. The van der Waals surface area contributed by atoms with Crippen molar-refractivity contribution < 1.29 is 4.84 Å². The Morgan fingerprint density at radius 1 is 1.24 bits per heavy atom. The molecule has 1 heterocycles. The molecule has 4 nitrogen and oxygen atoms in total. The van der Waals surface area contributed by atoms with Gasteiger partial charge in [0.25, 0.3) is 5.56 Å². The monoisotopic (exact) mass is 248 g/mol. The van der Waals surface area contributed by atoms with E-state index < -0.39 is 0 Å². The minimum absolute atomic E-state index is 0.262. The minimum atomic E-state index is -0.262. The summed E-state index contributed by atoms with van der Waals surface area (Å²) < 4.78 is 3.23. The molecule has 17 heavy (non-hydrogen) atoms. The average molecular weight is 248 g/mol. The first kappa shape index (κ1) is 11.6. The fourth-order valence-corrected chi connectivity index (χ4v) is 1.85. The molecule has 1 aromatic heterocycles. The standard InChI is InChI=1S/C12H12N2O2S/c1-16-14-11(15)7-8-13(12(14)17)9-10-5-3-2-4-6-10/h2-8H,9H2,1H3. The van der Waals surface area contributed by atoms with Gasteiger partial charge in [0.05, 0.1) is 0 Å². The van der Waals surface area contributed by atoms with Gasteiger partial charge in [-0.15, -0.1) is 4.73 Å². The second-order valence-corrected chi connectivity index (χ2v) is 3.89. The van der Waals surface area contributed by atoms with Crippen LogP contribution < -0.4 is 10.4 Å². The number of rotatable bonds is 3. The molecular formula is C12H12N2O2S. The maximum Gasteiger partial charge on any atom is 0.287 e. The largest absolute Gasteiger partial charge is 0.411 e. The molecule has 2 aromatic rings. The van der Waals surface area contributed by atoms with Gasteiger partial charge < -0.3 is 9.40 Å². The minimum Gasteiger partial charge on any atom is -0.411 e. The van der Waals surface area contributed by atoms with Crippen molar-refractivity contribution in [3.8, 4) is 0 Å². The Labute approximate surface area is 104 Å². The Bertz CT molecular complexity index is 616. The average Bonchev–Trinajstić information content (AvgIpc) is 2.35. The van der Waals surface area contributed by atoms with Gasteiger partial charge in [-0.25, -0.2) is 0 Å². The van der Waals surface area contributed by atoms with Crippen molar-refractivity contribution in [2.45, 2.75) is 6.54 Å². The van der Waals surface area contributed by atoms with Crippen LogP contribution in [0.5, 0.6) is 0 Å². The first-order chi connectivity index (χ1) is 8.22. The molecule has 0 N–H and O–H groups in total. The lowest BCUT2D eigenvalue weighted by Crippen LogP contribution is -2.27. The SMILES string of the molecule is COn1c(=O)ccn(Cc2ccccc2)c1=S. The third-order valence-corrected chi connectivity index (χ3v) is 2.80. The van der Waals surface area contributed by atoms with Gasteiger partial charge in [0, 0.05) is 18.8 Å². The zero-order valence-electron chi connectivity index (χ0n) is 9.37. The van der Waals surface area contributed by atoms with Gasteiger partial charge in [0.15, 0.2) is 0 Å². The van der Waals surface area contributed by atoms with Crippen LogP contribution in [-0.2, 0) is 6.54 Å². The molecule has 0 amide bonds. The Hall–Kier alpha value is -1.88. The van der Waals surface area contributed by atoms with Crippen molar-refractivity contribution in [2.75, 3.05) is 7.11 Å². The summed E-state index contributed by atoms with van der Waals surface area (Å²) in [5.74, 6) is 0. The van der Waals surface area contributed by atoms with Crippen molar-refractivity contribution in [3.63, 3.8) is 0 Å². The summed E-state index contributed by atoms with van der Waals surface area (Å²) in [6.07, 6.45) is 1.67. The van der Waals surface area contributed by atoms with E-state index in [2.05, 4.69) is 0 Å². The number of benzene rings is 1. The Kier molecular flexibility index (Phi) is 3.39. The summed E-state index contributed by atoms with van der Waals surface area (Å²) in [5, 5.41) is 0. The van der Waals surface area contributed by atoms with Crippen LogP contribution in [-0.4, -0.2) is 16.4 Å². The highest BCUT2D eigenvalue weighted by molar-refractivity contribution is 7.71. The first-order valence-corrected chi connectivity index (χ1v) is 5.54. The summed E-state index contributed by atoms with van der Waals surface area (Å²) in [5.41, 5.74) is 0.853. The highest BCUT2D eigenvalue weighted by Crippen LogP contribution is 2.02. The lowest BCUT2D eigenvalue weighted by Gasteiger charge is -2.10. The predicted molar refractivity (Wildman–Crippen MR) is 67.6 cm³/mol. The van der Waals surface area contributed by atoms with E-state index in [0.29, 0.717) is 11.3 Å². The molecule has 0 spiro atoms. The fourth-order valence-electron chi connectivity index (χ4n) is 1.56. The van der Waals surface area contributed by atoms with Gasteiger partial charge >= 0.3 is 0 Å². The van der Waals surface area contributed by atoms with Gasteiger partial charge in [-0.05, 0) is 17.8 Å². The zero-order valence-corrected chi connectivity index (χ0v) is 10.2. The highest BCUT2D eigenvalue weighted by atomic mass is 32.1. The molecule has 0 saturated carbocycles. The summed E-state index contributed by atoms with van der Waals surface area (Å²) in [7, 11) is 1.42. The normalized spacial score (nSPS) is 10.2. The van der Waals surface area contributed by atoms with E-state index in [4.69, 9.17) is 17.1 Å². The highest BCUT2D eigenvalue weighted by Gasteiger charge is 2.01. The van der Waals surface area contributed by atoms with Crippen molar-refractivity contribution in [3.05, 3.63) is 63.3 Å². The molecule has 0 unspecified atom stereocenters. The molecule has 0 aliphatic heterocycles. The molecule has 1 aromatic carbocycles. The first-order valence-electron chi connectivity index (χ1n) is 5.13. The second kappa shape index (κ2) is 4.97. The van der Waals surface area contributed by atoms with Crippen LogP contribution in [0.25, 0.3) is 0 Å². The molecule has 0 bridgehead atoms. The van der Waals surface area contributed by atoms with E-state index in [9.17, 15) is 4.79 Å². The van der Waals surface area contributed by atoms with Crippen LogP contribution in [0.1, 0.15) is 5.56 Å². The second-order valence-electron chi connectivity index (χ2n) is 3.53. The molecule has 0 fully saturated rings. The lowest BCUT2D eigenvalue weighted by molar-refractivity contribution is 0.146. The number of hydrogen-bond donors (Lipinski definition) is 0. The topological polar surface area (TPSA) is 36.2 Å². The molecule has 0 aliphatic rings. The molecule has 2 rings (SSSR count). The molecule has 0 atom stereocenters. The molecule has 0 aliphatic carbocycles. The van der Waals surface area contributed by atoms with Crippen molar-refractivity contribution in [1.82, 2.24) is 9.30 Å². The van der Waals surface area contributed by atoms with Crippen LogP contribution in [0.3, 0.4) is 0 Å². The summed E-state index contributed by atoms with van der Waals surface area (Å²) in [4.78, 5) is 16.4. The lowest BCUT2D eigenvalue weighted by atomic mass is 10.2. The van der Waals surface area contributed by atoms with Crippen molar-refractivity contribution in [1.29, 1.82) is 0 Å². The van der Waals surface area contributed by atoms with E-state index in [1.54, 1.807) is 10.8 Å². The Balaban J connectivity index is 2.42. The summed E-state index contributed by atoms with van der Waals surface area (Å²) in [6.45, 7) is 0.614. The fraction of sp³-hybridized carbons (Fsp3) is 0.167. The Morgan fingerprint density at radius 2 is 1.94 bits per heavy atom. The third kappa shape index (κ3) is 2.45. The predicted octanol–water partition coefficient (Wildman–Crippen LogP) is 1.49. The molecular weight excluding hydrogens is 236 g/mol. The van der Waals surface area contributed by atoms with Gasteiger partial charge in [-0.2, -0.15) is 0 Å². The number of hydrogen-bond acceptors (Lipinski definition) is 3. The quantitative estimate of drug-likeness (QED) is 0.772. The number of nitrogens with zero attached hydrogens (tertiary/aromatic N) is 2. The van der Waals surface area contributed by atoms with Crippen molar-refractivity contribution >= 4 is 12.2 Å². The summed E-state index contributed by atoms with van der Waals surface area (Å²) in [6, 6.07) is 11.3. The zero-order chi connectivity index (χ0) is 12.3. The maximum atomic E-state index is 11.4. The van der Waals surface area contributed by atoms with Gasteiger partial charge in [0.2, 0.25) is 4.77 Å². The molecule has 88 valence electrons. The van der Waals surface area contributed by atoms with Crippen LogP contribution in [0, 0.1) is 4.77 Å². The van der Waals surface area contributed by atoms with Crippen LogP contribution in [0.4, 0.5) is 0 Å². The smallest absolute Gasteiger partial charge is 0.287 e. The van der Waals surface area contributed by atoms with E-state index in [-0.39, 0.29) is 5.56 Å². The maximum absolute atomic E-state index is 11.4. The number of aromatic nitrogens is 2. The van der Waals surface area contributed by atoms with Gasteiger partial charge in [-0.1, -0.05) is 30.3 Å². The van der Waals surface area contributed by atoms with Crippen LogP contribution >= 0.6 is 12.2 Å². The molecule has 0 saturated heterocycles. The van der Waals surface area contributed by atoms with Crippen LogP contribution in [0.15, 0.2) is 47.4 Å². The summed E-state index contributed by atoms with van der Waals surface area (Å²) >= 11 is 5.18. The van der Waals surface area contributed by atoms with E-state index in [1.807, 2.05) is 30.3 Å².